The molecular formula is C23H35NO4. The minimum atomic E-state index is -0.471. The standard InChI is InChI=1S/C19H23NO4.2C2H6/c1-13-10-15(4-3-9-20-18(23)12-21)11-14(2)19(13)24-17-7-5-16(22)6-8-17;2*1-2/h5-8,10-11,21-22H,3-4,9,12H2,1-2H3,(H,20,23);2*1-2H3. The van der Waals surface area contributed by atoms with Gasteiger partial charge in [0.2, 0.25) is 5.91 Å². The van der Waals surface area contributed by atoms with E-state index in [2.05, 4.69) is 17.4 Å². The predicted molar refractivity (Wildman–Crippen MR) is 115 cm³/mol. The maximum atomic E-state index is 11.0. The zero-order valence-corrected chi connectivity index (χ0v) is 18.0. The summed E-state index contributed by atoms with van der Waals surface area (Å²) in [4.78, 5) is 11.0. The Morgan fingerprint density at radius 1 is 1.00 bits per heavy atom. The fourth-order valence-corrected chi connectivity index (χ4v) is 2.55. The summed E-state index contributed by atoms with van der Waals surface area (Å²) >= 11 is 0. The van der Waals surface area contributed by atoms with Crippen molar-refractivity contribution in [2.24, 2.45) is 0 Å². The van der Waals surface area contributed by atoms with Gasteiger partial charge in [-0.25, -0.2) is 0 Å². The molecule has 0 bridgehead atoms. The Morgan fingerprint density at radius 3 is 2.04 bits per heavy atom. The van der Waals surface area contributed by atoms with E-state index in [1.807, 2.05) is 41.5 Å². The number of nitrogens with one attached hydrogen (secondary N) is 1. The summed E-state index contributed by atoms with van der Waals surface area (Å²) in [6.07, 6.45) is 1.65. The van der Waals surface area contributed by atoms with E-state index in [0.29, 0.717) is 12.3 Å². The lowest BCUT2D eigenvalue weighted by molar-refractivity contribution is -0.123. The lowest BCUT2D eigenvalue weighted by atomic mass is 10.0. The van der Waals surface area contributed by atoms with Crippen LogP contribution in [0.1, 0.15) is 50.8 Å². The summed E-state index contributed by atoms with van der Waals surface area (Å²) in [6, 6.07) is 10.8. The van der Waals surface area contributed by atoms with Gasteiger partial charge < -0.3 is 20.3 Å². The molecule has 0 aliphatic heterocycles. The van der Waals surface area contributed by atoms with Gasteiger partial charge in [0.1, 0.15) is 23.9 Å². The van der Waals surface area contributed by atoms with E-state index in [1.54, 1.807) is 24.3 Å². The molecule has 5 heteroatoms. The molecule has 1 amide bonds. The summed E-state index contributed by atoms with van der Waals surface area (Å²) in [5.41, 5.74) is 3.26. The van der Waals surface area contributed by atoms with Crippen molar-refractivity contribution >= 4 is 5.91 Å². The van der Waals surface area contributed by atoms with Crippen LogP contribution in [0.5, 0.6) is 17.2 Å². The Bertz CT molecular complexity index is 673. The highest BCUT2D eigenvalue weighted by atomic mass is 16.5. The van der Waals surface area contributed by atoms with Gasteiger partial charge in [-0.2, -0.15) is 0 Å². The number of ether oxygens (including phenoxy) is 1. The molecule has 0 radical (unpaired) electrons. The second-order valence-electron chi connectivity index (χ2n) is 5.77. The Labute approximate surface area is 169 Å². The molecule has 0 aliphatic rings. The van der Waals surface area contributed by atoms with Crippen molar-refractivity contribution in [3.05, 3.63) is 53.1 Å². The average Bonchev–Trinajstić information content (AvgIpc) is 2.72. The third kappa shape index (κ3) is 8.91. The van der Waals surface area contributed by atoms with Crippen LogP contribution >= 0.6 is 0 Å². The van der Waals surface area contributed by atoms with Gasteiger partial charge in [0.15, 0.2) is 0 Å². The Morgan fingerprint density at radius 2 is 1.54 bits per heavy atom. The molecule has 0 saturated heterocycles. The van der Waals surface area contributed by atoms with Crippen LogP contribution in [0.25, 0.3) is 0 Å². The fourth-order valence-electron chi connectivity index (χ4n) is 2.55. The Hall–Kier alpha value is -2.53. The third-order valence-electron chi connectivity index (χ3n) is 3.68. The first-order chi connectivity index (χ1) is 13.5. The lowest BCUT2D eigenvalue weighted by Gasteiger charge is -2.14. The van der Waals surface area contributed by atoms with Crippen LogP contribution in [0.2, 0.25) is 0 Å². The highest BCUT2D eigenvalue weighted by Gasteiger charge is 2.08. The molecule has 0 aliphatic carbocycles. The molecule has 2 aromatic carbocycles. The number of aromatic hydroxyl groups is 1. The van der Waals surface area contributed by atoms with Crippen molar-refractivity contribution in [2.75, 3.05) is 13.2 Å². The van der Waals surface area contributed by atoms with E-state index in [-0.39, 0.29) is 11.7 Å². The summed E-state index contributed by atoms with van der Waals surface area (Å²) in [6.45, 7) is 12.1. The van der Waals surface area contributed by atoms with Gasteiger partial charge in [-0.05, 0) is 67.6 Å². The zero-order chi connectivity index (χ0) is 21.5. The van der Waals surface area contributed by atoms with E-state index in [9.17, 15) is 9.90 Å². The van der Waals surface area contributed by atoms with Gasteiger partial charge in [0, 0.05) is 6.54 Å². The molecule has 0 unspecified atom stereocenters. The Balaban J connectivity index is 0.00000171. The summed E-state index contributed by atoms with van der Waals surface area (Å²) in [7, 11) is 0. The number of phenols is 1. The van der Waals surface area contributed by atoms with Crippen molar-refractivity contribution in [2.45, 2.75) is 54.4 Å². The number of phenolic OH excluding ortho intramolecular Hbond substituents is 1. The maximum absolute atomic E-state index is 11.0. The van der Waals surface area contributed by atoms with Gasteiger partial charge in [0.05, 0.1) is 0 Å². The SMILES string of the molecule is CC.CC.Cc1cc(CCCNC(=O)CO)cc(C)c1Oc1ccc(O)cc1. The van der Waals surface area contributed by atoms with Crippen molar-refractivity contribution in [1.29, 1.82) is 0 Å². The van der Waals surface area contributed by atoms with Crippen LogP contribution in [0.4, 0.5) is 0 Å². The molecule has 5 nitrogen and oxygen atoms in total. The minimum Gasteiger partial charge on any atom is -0.508 e. The van der Waals surface area contributed by atoms with Crippen LogP contribution in [-0.2, 0) is 11.2 Å². The van der Waals surface area contributed by atoms with Crippen LogP contribution in [0.15, 0.2) is 36.4 Å². The van der Waals surface area contributed by atoms with E-state index >= 15 is 0 Å². The van der Waals surface area contributed by atoms with Crippen molar-refractivity contribution < 1.29 is 19.7 Å². The molecule has 0 heterocycles. The smallest absolute Gasteiger partial charge is 0.245 e. The predicted octanol–water partition coefficient (Wildman–Crippen LogP) is 4.89. The van der Waals surface area contributed by atoms with Crippen LogP contribution in [0.3, 0.4) is 0 Å². The van der Waals surface area contributed by atoms with Crippen LogP contribution < -0.4 is 10.1 Å². The Kier molecular flexibility index (Phi) is 13.2. The first kappa shape index (κ1) is 25.5. The van der Waals surface area contributed by atoms with Gasteiger partial charge in [-0.15, -0.1) is 0 Å². The van der Waals surface area contributed by atoms with Crippen LogP contribution in [0, 0.1) is 13.8 Å². The summed E-state index contributed by atoms with van der Waals surface area (Å²) < 4.78 is 5.93. The number of hydrogen-bond acceptors (Lipinski definition) is 4. The minimum absolute atomic E-state index is 0.208. The topological polar surface area (TPSA) is 78.8 Å². The summed E-state index contributed by atoms with van der Waals surface area (Å²) in [5, 5.41) is 20.6. The number of rotatable bonds is 7. The second-order valence-corrected chi connectivity index (χ2v) is 5.77. The summed E-state index contributed by atoms with van der Waals surface area (Å²) in [5.74, 6) is 1.36. The number of hydrogen-bond donors (Lipinski definition) is 3. The second kappa shape index (κ2) is 14.5. The molecule has 0 saturated carbocycles. The first-order valence-corrected chi connectivity index (χ1v) is 9.94. The van der Waals surface area contributed by atoms with Crippen molar-refractivity contribution in [1.82, 2.24) is 5.32 Å². The average molecular weight is 390 g/mol. The highest BCUT2D eigenvalue weighted by Crippen LogP contribution is 2.30. The largest absolute Gasteiger partial charge is 0.508 e. The van der Waals surface area contributed by atoms with E-state index < -0.39 is 6.61 Å². The number of carbonyl (C=O) groups excluding carboxylic acids is 1. The number of carbonyl (C=O) groups is 1. The van der Waals surface area contributed by atoms with E-state index in [0.717, 1.165) is 29.7 Å². The van der Waals surface area contributed by atoms with Gasteiger partial charge in [-0.1, -0.05) is 39.8 Å². The lowest BCUT2D eigenvalue weighted by Crippen LogP contribution is -2.27. The molecule has 156 valence electrons. The zero-order valence-electron chi connectivity index (χ0n) is 18.0. The molecule has 0 spiro atoms. The van der Waals surface area contributed by atoms with E-state index in [1.165, 1.54) is 5.56 Å². The third-order valence-corrected chi connectivity index (χ3v) is 3.68. The number of amides is 1. The van der Waals surface area contributed by atoms with E-state index in [4.69, 9.17) is 9.84 Å². The molecule has 28 heavy (non-hydrogen) atoms. The fraction of sp³-hybridized carbons (Fsp3) is 0.435. The van der Waals surface area contributed by atoms with Gasteiger partial charge >= 0.3 is 0 Å². The number of aliphatic hydroxyl groups is 1. The molecule has 3 N–H and O–H groups in total. The molecule has 2 aromatic rings. The molecule has 2 rings (SSSR count). The van der Waals surface area contributed by atoms with Gasteiger partial charge in [-0.3, -0.25) is 4.79 Å². The maximum Gasteiger partial charge on any atom is 0.245 e. The van der Waals surface area contributed by atoms with Crippen molar-refractivity contribution in [3.8, 4) is 17.2 Å². The van der Waals surface area contributed by atoms with Crippen LogP contribution in [-0.4, -0.2) is 29.3 Å². The monoisotopic (exact) mass is 389 g/mol. The van der Waals surface area contributed by atoms with Gasteiger partial charge in [0.25, 0.3) is 0 Å². The molecule has 0 fully saturated rings. The quantitative estimate of drug-likeness (QED) is 0.589. The normalized spacial score (nSPS) is 9.39. The number of aliphatic hydroxyl groups excluding tert-OH is 1. The first-order valence-electron chi connectivity index (χ1n) is 9.94. The molecule has 0 aromatic heterocycles. The number of aryl methyl sites for hydroxylation is 3. The van der Waals surface area contributed by atoms with Crippen molar-refractivity contribution in [3.63, 3.8) is 0 Å². The molecule has 0 atom stereocenters. The highest BCUT2D eigenvalue weighted by molar-refractivity contribution is 5.76. The molecular weight excluding hydrogens is 354 g/mol. The number of benzene rings is 2.